The highest BCUT2D eigenvalue weighted by Crippen LogP contribution is 2.35. The zero-order valence-corrected chi connectivity index (χ0v) is 15.3. The number of thiophene rings is 1. The molecule has 0 aliphatic heterocycles. The van der Waals surface area contributed by atoms with Crippen LogP contribution in [0.1, 0.15) is 30.5 Å². The zero-order chi connectivity index (χ0) is 19.1. The molecular weight excluding hydrogens is 364 g/mol. The first-order valence-electron chi connectivity index (χ1n) is 8.16. The molecule has 8 nitrogen and oxygen atoms in total. The Hall–Kier alpha value is -3.51. The maximum absolute atomic E-state index is 12.3. The van der Waals surface area contributed by atoms with Crippen molar-refractivity contribution in [2.45, 2.75) is 19.8 Å². The molecule has 9 heteroatoms. The molecule has 0 bridgehead atoms. The summed E-state index contributed by atoms with van der Waals surface area (Å²) in [7, 11) is 0. The molecule has 3 aromatic heterocycles. The second-order valence-electron chi connectivity index (χ2n) is 6.26. The lowest BCUT2D eigenvalue weighted by Gasteiger charge is -2.07. The molecule has 0 atom stereocenters. The summed E-state index contributed by atoms with van der Waals surface area (Å²) in [6.07, 6.45) is 1.68. The number of phenols is 1. The summed E-state index contributed by atoms with van der Waals surface area (Å²) in [4.78, 5) is 29.3. The third kappa shape index (κ3) is 2.96. The number of phenolic OH excluding ortho intramolecular Hbond substituents is 1. The maximum atomic E-state index is 12.3. The molecule has 0 saturated heterocycles. The van der Waals surface area contributed by atoms with Crippen LogP contribution in [0.4, 0.5) is 11.6 Å². The number of rotatable bonds is 3. The van der Waals surface area contributed by atoms with Crippen LogP contribution < -0.4 is 10.9 Å². The number of aromatic hydroxyl groups is 1. The molecule has 4 rings (SSSR count). The number of nitrogens with zero attached hydrogens (tertiary/aromatic N) is 4. The number of H-pyrrole nitrogens is 1. The number of nitriles is 1. The average Bonchev–Trinajstić information content (AvgIpc) is 2.99. The first-order chi connectivity index (χ1) is 13.0. The molecule has 0 unspecified atom stereocenters. The van der Waals surface area contributed by atoms with Crippen molar-refractivity contribution < 1.29 is 5.11 Å². The Balaban J connectivity index is 1.84. The summed E-state index contributed by atoms with van der Waals surface area (Å²) in [6, 6.07) is 6.52. The Labute approximate surface area is 157 Å². The van der Waals surface area contributed by atoms with E-state index in [0.717, 1.165) is 0 Å². The van der Waals surface area contributed by atoms with Gasteiger partial charge in [0.15, 0.2) is 0 Å². The number of anilines is 2. The minimum Gasteiger partial charge on any atom is -0.508 e. The van der Waals surface area contributed by atoms with E-state index >= 15 is 0 Å². The summed E-state index contributed by atoms with van der Waals surface area (Å²) in [6.45, 7) is 4.00. The van der Waals surface area contributed by atoms with Crippen LogP contribution in [0.15, 0.2) is 29.2 Å². The minimum absolute atomic E-state index is 0.00999. The molecule has 0 saturated carbocycles. The summed E-state index contributed by atoms with van der Waals surface area (Å²) in [5.41, 5.74) is 0.541. The fraction of sp³-hybridized carbons (Fsp3) is 0.167. The fourth-order valence-corrected chi connectivity index (χ4v) is 3.59. The van der Waals surface area contributed by atoms with Crippen LogP contribution in [-0.2, 0) is 0 Å². The normalized spacial score (nSPS) is 11.2. The van der Waals surface area contributed by atoms with Crippen molar-refractivity contribution in [3.8, 4) is 11.8 Å². The van der Waals surface area contributed by atoms with Crippen molar-refractivity contribution in [3.63, 3.8) is 0 Å². The molecule has 0 amide bonds. The van der Waals surface area contributed by atoms with Gasteiger partial charge in [0, 0.05) is 12.1 Å². The third-order valence-electron chi connectivity index (χ3n) is 4.02. The van der Waals surface area contributed by atoms with E-state index < -0.39 is 5.56 Å². The Morgan fingerprint density at radius 1 is 1.30 bits per heavy atom. The third-order valence-corrected chi connectivity index (χ3v) is 5.02. The molecule has 3 heterocycles. The largest absolute Gasteiger partial charge is 0.508 e. The molecule has 0 spiro atoms. The van der Waals surface area contributed by atoms with Crippen LogP contribution in [0, 0.1) is 11.3 Å². The van der Waals surface area contributed by atoms with Gasteiger partial charge in [-0.05, 0) is 18.2 Å². The topological polar surface area (TPSA) is 128 Å². The quantitative estimate of drug-likeness (QED) is 0.498. The van der Waals surface area contributed by atoms with E-state index in [0.29, 0.717) is 32.1 Å². The van der Waals surface area contributed by atoms with Gasteiger partial charge in [-0.3, -0.25) is 9.78 Å². The monoisotopic (exact) mass is 378 g/mol. The van der Waals surface area contributed by atoms with Crippen molar-refractivity contribution in [2.24, 2.45) is 0 Å². The summed E-state index contributed by atoms with van der Waals surface area (Å²) in [5, 5.41) is 23.0. The van der Waals surface area contributed by atoms with E-state index in [4.69, 9.17) is 0 Å². The Kier molecular flexibility index (Phi) is 3.97. The number of fused-ring (bicyclic) bond motifs is 2. The highest BCUT2D eigenvalue weighted by molar-refractivity contribution is 7.19. The van der Waals surface area contributed by atoms with Gasteiger partial charge in [0.25, 0.3) is 5.56 Å². The van der Waals surface area contributed by atoms with Crippen LogP contribution in [0.5, 0.6) is 5.75 Å². The summed E-state index contributed by atoms with van der Waals surface area (Å²) < 4.78 is 0. The molecule has 0 fully saturated rings. The molecule has 3 N–H and O–H groups in total. The molecule has 27 heavy (non-hydrogen) atoms. The van der Waals surface area contributed by atoms with E-state index in [1.54, 1.807) is 12.3 Å². The van der Waals surface area contributed by atoms with Crippen molar-refractivity contribution in [2.75, 3.05) is 5.32 Å². The standard InChI is InChI=1S/C18H14N6O2S/c1-8(2)15-20-7-11-14(13(6-19)27-17(11)23-15)22-18-21-12-4-3-9(25)5-10(12)16(26)24-18/h3-5,7-8,25H,1-2H3,(H2,21,22,24,26). The number of aromatic nitrogens is 4. The van der Waals surface area contributed by atoms with Crippen molar-refractivity contribution >= 4 is 44.1 Å². The van der Waals surface area contributed by atoms with Crippen LogP contribution in [0.3, 0.4) is 0 Å². The number of hydrogen-bond acceptors (Lipinski definition) is 8. The van der Waals surface area contributed by atoms with Gasteiger partial charge < -0.3 is 10.4 Å². The maximum Gasteiger partial charge on any atom is 0.260 e. The number of hydrogen-bond donors (Lipinski definition) is 3. The van der Waals surface area contributed by atoms with Gasteiger partial charge in [-0.1, -0.05) is 13.8 Å². The van der Waals surface area contributed by atoms with Crippen molar-refractivity contribution in [1.29, 1.82) is 5.26 Å². The molecular formula is C18H14N6O2S. The van der Waals surface area contributed by atoms with Crippen molar-refractivity contribution in [3.05, 3.63) is 45.5 Å². The number of nitrogens with one attached hydrogen (secondary N) is 2. The predicted octanol–water partition coefficient (Wildman–Crippen LogP) is 3.37. The van der Waals surface area contributed by atoms with Crippen molar-refractivity contribution in [1.82, 2.24) is 19.9 Å². The first kappa shape index (κ1) is 16.9. The smallest absolute Gasteiger partial charge is 0.260 e. The second-order valence-corrected chi connectivity index (χ2v) is 7.26. The van der Waals surface area contributed by atoms with Gasteiger partial charge in [0.05, 0.1) is 22.0 Å². The van der Waals surface area contributed by atoms with Gasteiger partial charge in [-0.15, -0.1) is 11.3 Å². The second kappa shape index (κ2) is 6.34. The van der Waals surface area contributed by atoms with Crippen LogP contribution >= 0.6 is 11.3 Å². The number of benzene rings is 1. The Bertz CT molecular complexity index is 1280. The average molecular weight is 378 g/mol. The van der Waals surface area contributed by atoms with Gasteiger partial charge in [0.1, 0.15) is 27.4 Å². The number of aromatic amines is 1. The highest BCUT2D eigenvalue weighted by atomic mass is 32.1. The molecule has 134 valence electrons. The molecule has 4 aromatic rings. The van der Waals surface area contributed by atoms with E-state index in [9.17, 15) is 15.2 Å². The summed E-state index contributed by atoms with van der Waals surface area (Å²) >= 11 is 1.26. The van der Waals surface area contributed by atoms with Crippen LogP contribution in [0.25, 0.3) is 21.1 Å². The van der Waals surface area contributed by atoms with E-state index in [1.165, 1.54) is 23.5 Å². The lowest BCUT2D eigenvalue weighted by atomic mass is 10.2. The predicted molar refractivity (Wildman–Crippen MR) is 104 cm³/mol. The highest BCUT2D eigenvalue weighted by Gasteiger charge is 2.17. The Morgan fingerprint density at radius 3 is 2.85 bits per heavy atom. The fourth-order valence-electron chi connectivity index (χ4n) is 2.68. The first-order valence-corrected chi connectivity index (χ1v) is 8.97. The van der Waals surface area contributed by atoms with Gasteiger partial charge in [-0.25, -0.2) is 15.0 Å². The summed E-state index contributed by atoms with van der Waals surface area (Å²) in [5.74, 6) is 1.07. The van der Waals surface area contributed by atoms with Gasteiger partial charge in [-0.2, -0.15) is 5.26 Å². The lowest BCUT2D eigenvalue weighted by Crippen LogP contribution is -2.11. The molecule has 0 aliphatic rings. The van der Waals surface area contributed by atoms with Crippen LogP contribution in [-0.4, -0.2) is 25.0 Å². The van der Waals surface area contributed by atoms with E-state index in [-0.39, 0.29) is 23.0 Å². The SMILES string of the molecule is CC(C)c1ncc2c(Nc3nc4ccc(O)cc4c(=O)[nH]3)c(C#N)sc2n1. The van der Waals surface area contributed by atoms with E-state index in [2.05, 4.69) is 31.3 Å². The zero-order valence-electron chi connectivity index (χ0n) is 14.4. The molecule has 0 aliphatic carbocycles. The molecule has 1 aromatic carbocycles. The Morgan fingerprint density at radius 2 is 2.11 bits per heavy atom. The van der Waals surface area contributed by atoms with Gasteiger partial charge in [0.2, 0.25) is 5.95 Å². The van der Waals surface area contributed by atoms with Gasteiger partial charge >= 0.3 is 0 Å². The minimum atomic E-state index is -0.394. The van der Waals surface area contributed by atoms with E-state index in [1.807, 2.05) is 13.8 Å². The van der Waals surface area contributed by atoms with Crippen LogP contribution in [0.2, 0.25) is 0 Å². The lowest BCUT2D eigenvalue weighted by molar-refractivity contribution is 0.476. The molecule has 0 radical (unpaired) electrons.